The van der Waals surface area contributed by atoms with Gasteiger partial charge in [-0.3, -0.25) is 9.59 Å². The van der Waals surface area contributed by atoms with Crippen molar-refractivity contribution in [2.75, 3.05) is 11.9 Å². The average Bonchev–Trinajstić information content (AvgIpc) is 2.18. The second-order valence-electron chi connectivity index (χ2n) is 4.76. The number of hydrogen-bond donors (Lipinski definition) is 2. The number of carbonyl (C=O) groups is 1. The largest absolute Gasteiger partial charge is 0.370 e. The van der Waals surface area contributed by atoms with Gasteiger partial charge in [-0.25, -0.2) is 4.98 Å². The molecular weight excluding hydrogens is 220 g/mol. The van der Waals surface area contributed by atoms with Gasteiger partial charge in [0.15, 0.2) is 5.82 Å². The van der Waals surface area contributed by atoms with E-state index < -0.39 is 5.91 Å². The minimum absolute atomic E-state index is 0.172. The first-order valence-corrected chi connectivity index (χ1v) is 5.42. The number of amides is 1. The highest BCUT2D eigenvalue weighted by molar-refractivity contribution is 5.74. The van der Waals surface area contributed by atoms with Gasteiger partial charge in [-0.05, 0) is 20.8 Å². The maximum Gasteiger partial charge on any atom is 0.293 e. The Hall–Kier alpha value is -1.85. The van der Waals surface area contributed by atoms with E-state index in [0.29, 0.717) is 6.54 Å². The number of primary amides is 1. The lowest BCUT2D eigenvalue weighted by atomic mass is 10.1. The quantitative estimate of drug-likeness (QED) is 0.788. The predicted octanol–water partition coefficient (Wildman–Crippen LogP) is 0.286. The SMILES string of the molecule is CC(C)(C)n1ccnc(NCCC(N)=O)c1=O. The van der Waals surface area contributed by atoms with Crippen LogP contribution in [-0.2, 0) is 10.3 Å². The van der Waals surface area contributed by atoms with E-state index in [1.54, 1.807) is 17.0 Å². The molecule has 0 saturated carbocycles. The maximum atomic E-state index is 12.0. The zero-order chi connectivity index (χ0) is 13.1. The minimum atomic E-state index is -0.412. The van der Waals surface area contributed by atoms with Crippen LogP contribution in [-0.4, -0.2) is 22.0 Å². The third kappa shape index (κ3) is 3.58. The van der Waals surface area contributed by atoms with Gasteiger partial charge in [0.1, 0.15) is 0 Å². The molecule has 0 aliphatic carbocycles. The molecule has 0 atom stereocenters. The molecule has 0 fully saturated rings. The Bertz CT molecular complexity index is 459. The Morgan fingerprint density at radius 2 is 2.18 bits per heavy atom. The van der Waals surface area contributed by atoms with Gasteiger partial charge in [0.05, 0.1) is 0 Å². The molecule has 1 heterocycles. The van der Waals surface area contributed by atoms with E-state index >= 15 is 0 Å². The van der Waals surface area contributed by atoms with Crippen molar-refractivity contribution < 1.29 is 4.79 Å². The Kier molecular flexibility index (Phi) is 3.88. The summed E-state index contributed by atoms with van der Waals surface area (Å²) in [5.74, 6) is -0.173. The van der Waals surface area contributed by atoms with Crippen molar-refractivity contribution >= 4 is 11.7 Å². The molecule has 0 aromatic carbocycles. The van der Waals surface area contributed by atoms with Crippen molar-refractivity contribution in [1.29, 1.82) is 0 Å². The highest BCUT2D eigenvalue weighted by Crippen LogP contribution is 2.10. The number of hydrogen-bond acceptors (Lipinski definition) is 4. The summed E-state index contributed by atoms with van der Waals surface area (Å²) in [6.07, 6.45) is 3.37. The van der Waals surface area contributed by atoms with Crippen LogP contribution < -0.4 is 16.6 Å². The number of nitrogens with one attached hydrogen (secondary N) is 1. The first kappa shape index (κ1) is 13.2. The van der Waals surface area contributed by atoms with Crippen LogP contribution in [0.1, 0.15) is 27.2 Å². The third-order valence-electron chi connectivity index (χ3n) is 2.23. The van der Waals surface area contributed by atoms with E-state index in [2.05, 4.69) is 10.3 Å². The number of rotatable bonds is 4. The van der Waals surface area contributed by atoms with E-state index in [1.807, 2.05) is 20.8 Å². The Morgan fingerprint density at radius 1 is 1.53 bits per heavy atom. The van der Waals surface area contributed by atoms with E-state index in [9.17, 15) is 9.59 Å². The molecule has 0 radical (unpaired) electrons. The third-order valence-corrected chi connectivity index (χ3v) is 2.23. The molecule has 1 rings (SSSR count). The highest BCUT2D eigenvalue weighted by Gasteiger charge is 2.16. The van der Waals surface area contributed by atoms with Crippen LogP contribution in [0, 0.1) is 0 Å². The molecule has 0 unspecified atom stereocenters. The lowest BCUT2D eigenvalue weighted by molar-refractivity contribution is -0.117. The van der Waals surface area contributed by atoms with Crippen molar-refractivity contribution in [3.63, 3.8) is 0 Å². The number of carbonyl (C=O) groups excluding carboxylic acids is 1. The molecule has 0 spiro atoms. The Morgan fingerprint density at radius 3 is 2.71 bits per heavy atom. The average molecular weight is 238 g/mol. The normalized spacial score (nSPS) is 11.2. The fourth-order valence-corrected chi connectivity index (χ4v) is 1.37. The minimum Gasteiger partial charge on any atom is -0.370 e. The lowest BCUT2D eigenvalue weighted by Gasteiger charge is -2.22. The molecule has 0 bridgehead atoms. The molecule has 0 saturated heterocycles. The molecule has 0 aliphatic rings. The zero-order valence-corrected chi connectivity index (χ0v) is 10.4. The van der Waals surface area contributed by atoms with E-state index in [4.69, 9.17) is 5.73 Å². The fraction of sp³-hybridized carbons (Fsp3) is 0.545. The summed E-state index contributed by atoms with van der Waals surface area (Å²) < 4.78 is 1.59. The first-order chi connectivity index (χ1) is 7.82. The van der Waals surface area contributed by atoms with Crippen molar-refractivity contribution in [2.45, 2.75) is 32.7 Å². The fourth-order valence-electron chi connectivity index (χ4n) is 1.37. The van der Waals surface area contributed by atoms with Crippen LogP contribution in [0.3, 0.4) is 0 Å². The molecule has 94 valence electrons. The molecule has 3 N–H and O–H groups in total. The summed E-state index contributed by atoms with van der Waals surface area (Å²) >= 11 is 0. The first-order valence-electron chi connectivity index (χ1n) is 5.42. The number of nitrogens with zero attached hydrogens (tertiary/aromatic N) is 2. The van der Waals surface area contributed by atoms with Gasteiger partial charge in [-0.1, -0.05) is 0 Å². The molecule has 1 aromatic heterocycles. The van der Waals surface area contributed by atoms with E-state index in [1.165, 1.54) is 0 Å². The molecule has 0 aliphatic heterocycles. The summed E-state index contributed by atoms with van der Waals surface area (Å²) in [5, 5.41) is 2.81. The molecule has 1 aromatic rings. The monoisotopic (exact) mass is 238 g/mol. The van der Waals surface area contributed by atoms with Crippen LogP contribution in [0.2, 0.25) is 0 Å². The smallest absolute Gasteiger partial charge is 0.293 e. The van der Waals surface area contributed by atoms with Crippen LogP contribution in [0.4, 0.5) is 5.82 Å². The number of anilines is 1. The van der Waals surface area contributed by atoms with Crippen LogP contribution >= 0.6 is 0 Å². The molecule has 6 heteroatoms. The van der Waals surface area contributed by atoms with E-state index in [-0.39, 0.29) is 23.3 Å². The van der Waals surface area contributed by atoms with Gasteiger partial charge >= 0.3 is 0 Å². The molecular formula is C11H18N4O2. The molecule has 17 heavy (non-hydrogen) atoms. The van der Waals surface area contributed by atoms with Gasteiger partial charge in [0, 0.05) is 30.9 Å². The van der Waals surface area contributed by atoms with Gasteiger partial charge in [-0.15, -0.1) is 0 Å². The Labute approximate surface area is 99.8 Å². The predicted molar refractivity (Wildman–Crippen MR) is 65.8 cm³/mol. The summed E-state index contributed by atoms with van der Waals surface area (Å²) in [4.78, 5) is 26.5. The highest BCUT2D eigenvalue weighted by atomic mass is 16.1. The maximum absolute atomic E-state index is 12.0. The second kappa shape index (κ2) is 4.99. The van der Waals surface area contributed by atoms with Crippen molar-refractivity contribution in [3.05, 3.63) is 22.7 Å². The summed E-state index contributed by atoms with van der Waals surface area (Å²) in [6, 6.07) is 0. The van der Waals surface area contributed by atoms with Gasteiger partial charge in [-0.2, -0.15) is 0 Å². The number of nitrogens with two attached hydrogens (primary N) is 1. The van der Waals surface area contributed by atoms with Crippen LogP contribution in [0.25, 0.3) is 0 Å². The summed E-state index contributed by atoms with van der Waals surface area (Å²) in [7, 11) is 0. The standard InChI is InChI=1S/C11H18N4O2/c1-11(2,3)15-7-6-14-9(10(15)17)13-5-4-8(12)16/h6-7H,4-5H2,1-3H3,(H2,12,16)(H,13,14). The zero-order valence-electron chi connectivity index (χ0n) is 10.4. The molecule has 6 nitrogen and oxygen atoms in total. The van der Waals surface area contributed by atoms with Crippen molar-refractivity contribution in [3.8, 4) is 0 Å². The number of aromatic nitrogens is 2. The summed E-state index contributed by atoms with van der Waals surface area (Å²) in [5.41, 5.74) is 4.50. The molecule has 1 amide bonds. The van der Waals surface area contributed by atoms with Crippen molar-refractivity contribution in [1.82, 2.24) is 9.55 Å². The van der Waals surface area contributed by atoms with Gasteiger partial charge in [0.2, 0.25) is 5.91 Å². The van der Waals surface area contributed by atoms with Crippen LogP contribution in [0.5, 0.6) is 0 Å². The topological polar surface area (TPSA) is 90.0 Å². The summed E-state index contributed by atoms with van der Waals surface area (Å²) in [6.45, 7) is 6.11. The van der Waals surface area contributed by atoms with Gasteiger partial charge in [0.25, 0.3) is 5.56 Å². The second-order valence-corrected chi connectivity index (χ2v) is 4.76. The van der Waals surface area contributed by atoms with Crippen LogP contribution in [0.15, 0.2) is 17.2 Å². The Balaban J connectivity index is 2.88. The van der Waals surface area contributed by atoms with Crippen molar-refractivity contribution in [2.24, 2.45) is 5.73 Å². The van der Waals surface area contributed by atoms with E-state index in [0.717, 1.165) is 0 Å². The van der Waals surface area contributed by atoms with Gasteiger partial charge < -0.3 is 15.6 Å². The lowest BCUT2D eigenvalue weighted by Crippen LogP contribution is -2.35.